The van der Waals surface area contributed by atoms with Crippen molar-refractivity contribution in [2.45, 2.75) is 64.7 Å². The van der Waals surface area contributed by atoms with Gasteiger partial charge in [0.2, 0.25) is 0 Å². The Labute approximate surface area is 140 Å². The molecule has 6 atom stereocenters. The zero-order valence-corrected chi connectivity index (χ0v) is 14.6. The molecule has 0 saturated heterocycles. The molecule has 0 radical (unpaired) electrons. The van der Waals surface area contributed by atoms with Gasteiger partial charge in [-0.05, 0) is 74.5 Å². The minimum atomic E-state index is -0.0939. The topological polar surface area (TPSA) is 40.5 Å². The van der Waals surface area contributed by atoms with Crippen molar-refractivity contribution in [1.29, 1.82) is 0 Å². The van der Waals surface area contributed by atoms with Gasteiger partial charge in [-0.25, -0.2) is 0 Å². The van der Waals surface area contributed by atoms with Crippen LogP contribution < -0.4 is 0 Å². The first-order chi connectivity index (χ1) is 11.0. The molecule has 0 amide bonds. The summed E-state index contributed by atoms with van der Waals surface area (Å²) in [4.78, 5) is 0. The lowest BCUT2D eigenvalue weighted by atomic mass is 9.47. The highest BCUT2D eigenvalue weighted by molar-refractivity contribution is 5.25. The summed E-state index contributed by atoms with van der Waals surface area (Å²) < 4.78 is 0. The van der Waals surface area contributed by atoms with Gasteiger partial charge in [0.1, 0.15) is 0 Å². The first-order valence-corrected chi connectivity index (χ1v) is 9.71. The first kappa shape index (κ1) is 15.7. The maximum Gasteiger partial charge on any atom is 0.0888 e. The van der Waals surface area contributed by atoms with E-state index in [1.165, 1.54) is 38.5 Å². The molecule has 0 aromatic heterocycles. The molecule has 3 fully saturated rings. The van der Waals surface area contributed by atoms with Crippen LogP contribution in [0, 0.1) is 34.5 Å². The zero-order chi connectivity index (χ0) is 16.2. The van der Waals surface area contributed by atoms with Crippen molar-refractivity contribution in [3.8, 4) is 0 Å². The van der Waals surface area contributed by atoms with Crippen molar-refractivity contribution >= 4 is 0 Å². The smallest absolute Gasteiger partial charge is 0.0888 e. The molecule has 0 spiro atoms. The maximum atomic E-state index is 10.3. The highest BCUT2D eigenvalue weighted by Crippen LogP contribution is 2.66. The normalized spacial score (nSPS) is 48.9. The van der Waals surface area contributed by atoms with Crippen molar-refractivity contribution in [2.75, 3.05) is 6.61 Å². The van der Waals surface area contributed by atoms with Crippen LogP contribution in [0.2, 0.25) is 0 Å². The number of aliphatic hydroxyl groups is 2. The first-order valence-electron chi connectivity index (χ1n) is 9.71. The Morgan fingerprint density at radius 1 is 1.22 bits per heavy atom. The number of hydrogen-bond donors (Lipinski definition) is 2. The summed E-state index contributed by atoms with van der Waals surface area (Å²) in [5.41, 5.74) is 2.06. The zero-order valence-electron chi connectivity index (χ0n) is 14.6. The molecule has 128 valence electrons. The fraction of sp³-hybridized carbons (Fsp3) is 0.810. The average molecular weight is 316 g/mol. The largest absolute Gasteiger partial charge is 0.513 e. The van der Waals surface area contributed by atoms with Crippen LogP contribution in [0.1, 0.15) is 64.7 Å². The average Bonchev–Trinajstić information content (AvgIpc) is 2.94. The second-order valence-corrected chi connectivity index (χ2v) is 9.02. The molecule has 0 aliphatic heterocycles. The van der Waals surface area contributed by atoms with Crippen LogP contribution in [0.15, 0.2) is 24.0 Å². The Bertz CT molecular complexity index is 536. The van der Waals surface area contributed by atoms with Crippen molar-refractivity contribution in [3.63, 3.8) is 0 Å². The molecule has 2 N–H and O–H groups in total. The van der Waals surface area contributed by atoms with Gasteiger partial charge >= 0.3 is 0 Å². The number of rotatable bonds is 2. The molecule has 3 saturated carbocycles. The van der Waals surface area contributed by atoms with Gasteiger partial charge in [-0.3, -0.25) is 0 Å². The van der Waals surface area contributed by atoms with Crippen LogP contribution in [0.4, 0.5) is 0 Å². The maximum absolute atomic E-state index is 10.3. The molecular weight excluding hydrogens is 284 g/mol. The van der Waals surface area contributed by atoms with E-state index < -0.39 is 0 Å². The standard InChI is InChI=1S/C21H32O2/c1-14(23)17-8-9-19-16-7-6-15-5-3-4-11-20(15,2)18(16)10-12-21(17,19)13-22/h6,16-19,22-23H,1,3-5,7-13H2,2H3/t16-,17-,18+,19+,20+,21+/m1/s1. The molecule has 4 aliphatic rings. The third kappa shape index (κ3) is 2.03. The monoisotopic (exact) mass is 316 g/mol. The van der Waals surface area contributed by atoms with Gasteiger partial charge in [-0.1, -0.05) is 31.6 Å². The van der Waals surface area contributed by atoms with E-state index in [9.17, 15) is 10.2 Å². The van der Waals surface area contributed by atoms with E-state index in [0.717, 1.165) is 25.2 Å². The molecule has 2 nitrogen and oxygen atoms in total. The molecule has 23 heavy (non-hydrogen) atoms. The summed E-state index contributed by atoms with van der Waals surface area (Å²) in [6.45, 7) is 6.58. The number of fused-ring (bicyclic) bond motifs is 5. The number of aliphatic hydroxyl groups excluding tert-OH is 2. The van der Waals surface area contributed by atoms with Crippen LogP contribution in [0.25, 0.3) is 0 Å². The summed E-state index contributed by atoms with van der Waals surface area (Å²) in [7, 11) is 0. The van der Waals surface area contributed by atoms with Gasteiger partial charge in [-0.2, -0.15) is 0 Å². The Morgan fingerprint density at radius 3 is 2.78 bits per heavy atom. The third-order valence-electron chi connectivity index (χ3n) is 8.43. The molecule has 0 bridgehead atoms. The lowest BCUT2D eigenvalue weighted by Gasteiger charge is -2.58. The van der Waals surface area contributed by atoms with Gasteiger partial charge in [0.15, 0.2) is 0 Å². The van der Waals surface area contributed by atoms with Crippen LogP contribution in [0.5, 0.6) is 0 Å². The summed E-state index contributed by atoms with van der Waals surface area (Å²) in [5, 5.41) is 20.4. The van der Waals surface area contributed by atoms with Crippen molar-refractivity contribution in [3.05, 3.63) is 24.0 Å². The molecule has 2 heteroatoms. The predicted octanol–water partition coefficient (Wildman–Crippen LogP) is 5.00. The van der Waals surface area contributed by atoms with Crippen LogP contribution in [-0.2, 0) is 0 Å². The predicted molar refractivity (Wildman–Crippen MR) is 93.0 cm³/mol. The van der Waals surface area contributed by atoms with Gasteiger partial charge in [0.05, 0.1) is 5.76 Å². The summed E-state index contributed by atoms with van der Waals surface area (Å²) in [6.07, 6.45) is 13.6. The molecule has 4 rings (SSSR count). The van der Waals surface area contributed by atoms with E-state index >= 15 is 0 Å². The lowest BCUT2D eigenvalue weighted by Crippen LogP contribution is -2.51. The Balaban J connectivity index is 1.69. The summed E-state index contributed by atoms with van der Waals surface area (Å²) >= 11 is 0. The minimum absolute atomic E-state index is 0.0939. The van der Waals surface area contributed by atoms with E-state index in [4.69, 9.17) is 0 Å². The third-order valence-corrected chi connectivity index (χ3v) is 8.43. The van der Waals surface area contributed by atoms with Crippen LogP contribution in [-0.4, -0.2) is 16.8 Å². The SMILES string of the molecule is C=C(O)[C@H]1CC[C@H]2[C@@H]3CC=C4CCCC[C@]4(C)[C@H]3CC[C@]12CO. The Morgan fingerprint density at radius 2 is 2.04 bits per heavy atom. The highest BCUT2D eigenvalue weighted by Gasteiger charge is 2.60. The van der Waals surface area contributed by atoms with Crippen molar-refractivity contribution in [1.82, 2.24) is 0 Å². The Hall–Kier alpha value is -0.760. The van der Waals surface area contributed by atoms with Crippen molar-refractivity contribution in [2.24, 2.45) is 34.5 Å². The van der Waals surface area contributed by atoms with E-state index in [2.05, 4.69) is 19.6 Å². The van der Waals surface area contributed by atoms with Gasteiger partial charge in [-0.15, -0.1) is 0 Å². The van der Waals surface area contributed by atoms with E-state index in [0.29, 0.717) is 23.0 Å². The quantitative estimate of drug-likeness (QED) is 0.556. The fourth-order valence-corrected chi connectivity index (χ4v) is 7.31. The minimum Gasteiger partial charge on any atom is -0.513 e. The second-order valence-electron chi connectivity index (χ2n) is 9.02. The van der Waals surface area contributed by atoms with E-state index in [1.807, 2.05) is 0 Å². The summed E-state index contributed by atoms with van der Waals surface area (Å²) in [6, 6.07) is 0. The van der Waals surface area contributed by atoms with E-state index in [1.54, 1.807) is 5.57 Å². The Kier molecular flexibility index (Phi) is 3.68. The van der Waals surface area contributed by atoms with Crippen LogP contribution in [0.3, 0.4) is 0 Å². The number of allylic oxidation sites excluding steroid dienone is 3. The molecule has 0 aromatic rings. The van der Waals surface area contributed by atoms with Gasteiger partial charge in [0.25, 0.3) is 0 Å². The summed E-state index contributed by atoms with van der Waals surface area (Å²) in [5.74, 6) is 2.49. The second kappa shape index (κ2) is 5.37. The number of hydrogen-bond acceptors (Lipinski definition) is 2. The fourth-order valence-electron chi connectivity index (χ4n) is 7.31. The highest BCUT2D eigenvalue weighted by atomic mass is 16.3. The van der Waals surface area contributed by atoms with E-state index in [-0.39, 0.29) is 17.9 Å². The van der Waals surface area contributed by atoms with Crippen LogP contribution >= 0.6 is 0 Å². The molecule has 0 heterocycles. The lowest BCUT2D eigenvalue weighted by molar-refractivity contribution is -0.0757. The van der Waals surface area contributed by atoms with Gasteiger partial charge < -0.3 is 10.2 Å². The molecule has 0 unspecified atom stereocenters. The molecule has 4 aliphatic carbocycles. The molecule has 0 aromatic carbocycles. The van der Waals surface area contributed by atoms with Gasteiger partial charge in [0, 0.05) is 17.9 Å². The molecular formula is C21H32O2. The van der Waals surface area contributed by atoms with Crippen molar-refractivity contribution < 1.29 is 10.2 Å².